The van der Waals surface area contributed by atoms with E-state index < -0.39 is 29.7 Å². The van der Waals surface area contributed by atoms with Crippen molar-refractivity contribution in [3.63, 3.8) is 0 Å². The lowest BCUT2D eigenvalue weighted by atomic mass is 10.2. The highest BCUT2D eigenvalue weighted by atomic mass is 17.2. The van der Waals surface area contributed by atoms with Gasteiger partial charge in [-0.2, -0.15) is 4.89 Å². The fraction of sp³-hybridized carbons (Fsp3) is 0.750. The summed E-state index contributed by atoms with van der Waals surface area (Å²) in [6.45, 7) is 4.55. The van der Waals surface area contributed by atoms with Crippen LogP contribution in [0, 0.1) is 0 Å². The van der Waals surface area contributed by atoms with Crippen LogP contribution in [0.15, 0.2) is 0 Å². The van der Waals surface area contributed by atoms with Crippen LogP contribution in [0.4, 0.5) is 0 Å². The van der Waals surface area contributed by atoms with Gasteiger partial charge in [-0.15, -0.1) is 0 Å². The van der Waals surface area contributed by atoms with Crippen molar-refractivity contribution >= 4 is 11.9 Å². The zero-order chi connectivity index (χ0) is 12.3. The summed E-state index contributed by atoms with van der Waals surface area (Å²) in [4.78, 5) is 29.2. The molecule has 0 fully saturated rings. The van der Waals surface area contributed by atoms with Crippen molar-refractivity contribution in [2.75, 3.05) is 0 Å². The van der Waals surface area contributed by atoms with Crippen molar-refractivity contribution in [3.05, 3.63) is 0 Å². The molecule has 0 heterocycles. The Balaban J connectivity index is 4.53. The van der Waals surface area contributed by atoms with E-state index in [1.165, 1.54) is 20.8 Å². The van der Waals surface area contributed by atoms with Crippen molar-refractivity contribution in [2.45, 2.75) is 38.6 Å². The van der Waals surface area contributed by atoms with E-state index in [0.29, 0.717) is 0 Å². The van der Waals surface area contributed by atoms with E-state index in [-0.39, 0.29) is 0 Å². The van der Waals surface area contributed by atoms with Crippen molar-refractivity contribution in [2.24, 2.45) is 0 Å². The predicted octanol–water partition coefficient (Wildman–Crippen LogP) is -2.69. The van der Waals surface area contributed by atoms with Gasteiger partial charge in [0.25, 0.3) is 0 Å². The van der Waals surface area contributed by atoms with Gasteiger partial charge in [0.15, 0.2) is 0 Å². The Morgan fingerprint density at radius 1 is 1.20 bits per heavy atom. The molecule has 0 aromatic heterocycles. The number of aliphatic hydroxyl groups is 1. The Morgan fingerprint density at radius 3 is 1.93 bits per heavy atom. The third kappa shape index (κ3) is 5.31. The molecule has 0 aliphatic heterocycles. The summed E-state index contributed by atoms with van der Waals surface area (Å²) >= 11 is 0. The highest BCUT2D eigenvalue weighted by Gasteiger charge is 2.33. The Morgan fingerprint density at radius 2 is 1.67 bits per heavy atom. The van der Waals surface area contributed by atoms with Gasteiger partial charge in [0.1, 0.15) is 5.97 Å². The molecular formula is C8H12O7-2. The molecule has 1 atom stereocenters. The van der Waals surface area contributed by atoms with E-state index in [9.17, 15) is 24.9 Å². The third-order valence-corrected chi connectivity index (χ3v) is 1.13. The molecule has 0 aromatic carbocycles. The van der Waals surface area contributed by atoms with E-state index in [2.05, 4.69) is 9.78 Å². The van der Waals surface area contributed by atoms with Crippen LogP contribution in [0.3, 0.4) is 0 Å². The number of rotatable bonds is 5. The molecule has 1 N–H and O–H groups in total. The molecule has 0 spiro atoms. The third-order valence-electron chi connectivity index (χ3n) is 1.13. The molecule has 0 amide bonds. The van der Waals surface area contributed by atoms with Gasteiger partial charge in [-0.3, -0.25) is 0 Å². The van der Waals surface area contributed by atoms with Crippen molar-refractivity contribution in [3.8, 4) is 0 Å². The highest BCUT2D eigenvalue weighted by molar-refractivity contribution is 5.79. The second kappa shape index (κ2) is 4.56. The molecule has 0 saturated heterocycles. The van der Waals surface area contributed by atoms with Crippen LogP contribution in [-0.2, 0) is 19.4 Å². The molecule has 0 radical (unpaired) electrons. The zero-order valence-corrected chi connectivity index (χ0v) is 8.60. The van der Waals surface area contributed by atoms with Crippen LogP contribution in [-0.4, -0.2) is 28.4 Å². The molecule has 0 saturated carbocycles. The van der Waals surface area contributed by atoms with Gasteiger partial charge in [-0.1, -0.05) is 0 Å². The molecule has 15 heavy (non-hydrogen) atoms. The minimum atomic E-state index is -3.05. The van der Waals surface area contributed by atoms with Crippen LogP contribution >= 0.6 is 0 Å². The van der Waals surface area contributed by atoms with Crippen LogP contribution in [0.2, 0.25) is 0 Å². The lowest BCUT2D eigenvalue weighted by molar-refractivity contribution is -0.464. The average Bonchev–Trinajstić information content (AvgIpc) is 1.98. The summed E-state index contributed by atoms with van der Waals surface area (Å²) in [6, 6.07) is 0. The molecular weight excluding hydrogens is 208 g/mol. The Kier molecular flexibility index (Phi) is 4.20. The topological polar surface area (TPSA) is 119 Å². The molecule has 0 rings (SSSR count). The Labute approximate surface area is 86.2 Å². The number of carbonyl (C=O) groups excluding carboxylic acids is 2. The lowest BCUT2D eigenvalue weighted by Gasteiger charge is -2.30. The largest absolute Gasteiger partial charge is 0.550 e. The molecule has 0 aliphatic rings. The number of carboxylic acids is 2. The fourth-order valence-electron chi connectivity index (χ4n) is 0.525. The Bertz CT molecular complexity index is 254. The first kappa shape index (κ1) is 13.8. The quantitative estimate of drug-likeness (QED) is 0.304. The first-order chi connectivity index (χ1) is 6.57. The van der Waals surface area contributed by atoms with Crippen molar-refractivity contribution in [1.29, 1.82) is 0 Å². The van der Waals surface area contributed by atoms with Gasteiger partial charge in [0.05, 0.1) is 5.60 Å². The molecule has 0 aliphatic carbocycles. The Hall–Kier alpha value is -1.18. The maximum atomic E-state index is 10.4. The number of carboxylic acid groups (broad SMARTS) is 2. The van der Waals surface area contributed by atoms with E-state index >= 15 is 0 Å². The van der Waals surface area contributed by atoms with E-state index in [0.717, 1.165) is 0 Å². The van der Waals surface area contributed by atoms with E-state index in [1.807, 2.05) is 0 Å². The lowest BCUT2D eigenvalue weighted by Crippen LogP contribution is -2.54. The smallest absolute Gasteiger partial charge is 0.244 e. The summed E-state index contributed by atoms with van der Waals surface area (Å²) in [6.07, 6.45) is -1.29. The predicted molar refractivity (Wildman–Crippen MR) is 41.5 cm³/mol. The van der Waals surface area contributed by atoms with Gasteiger partial charge < -0.3 is 24.9 Å². The normalized spacial score (nSPS) is 15.7. The summed E-state index contributed by atoms with van der Waals surface area (Å²) in [7, 11) is 0. The molecule has 7 heteroatoms. The van der Waals surface area contributed by atoms with Crippen LogP contribution in [0.25, 0.3) is 0 Å². The number of hydrogen-bond donors (Lipinski definition) is 1. The molecule has 88 valence electrons. The number of hydrogen-bond acceptors (Lipinski definition) is 7. The maximum absolute atomic E-state index is 10.4. The minimum Gasteiger partial charge on any atom is -0.550 e. The molecule has 0 aromatic rings. The van der Waals surface area contributed by atoms with Crippen LogP contribution < -0.4 is 10.2 Å². The first-order valence-electron chi connectivity index (χ1n) is 4.07. The van der Waals surface area contributed by atoms with Gasteiger partial charge in [-0.25, -0.2) is 4.89 Å². The van der Waals surface area contributed by atoms with Gasteiger partial charge in [-0.05, 0) is 20.8 Å². The molecule has 1 unspecified atom stereocenters. The summed E-state index contributed by atoms with van der Waals surface area (Å²) in [5.74, 6) is -6.97. The number of aliphatic carboxylic acids is 2. The minimum absolute atomic E-state index is 0.907. The summed E-state index contributed by atoms with van der Waals surface area (Å²) in [5.41, 5.74) is -0.907. The zero-order valence-electron chi connectivity index (χ0n) is 8.60. The average molecular weight is 220 g/mol. The van der Waals surface area contributed by atoms with Gasteiger partial charge >= 0.3 is 0 Å². The van der Waals surface area contributed by atoms with E-state index in [1.54, 1.807) is 0 Å². The monoisotopic (exact) mass is 220 g/mol. The summed E-state index contributed by atoms with van der Waals surface area (Å²) < 4.78 is 0. The van der Waals surface area contributed by atoms with Crippen LogP contribution in [0.5, 0.6) is 0 Å². The van der Waals surface area contributed by atoms with Gasteiger partial charge in [0.2, 0.25) is 5.79 Å². The fourth-order valence-corrected chi connectivity index (χ4v) is 0.525. The van der Waals surface area contributed by atoms with Crippen molar-refractivity contribution < 1.29 is 34.7 Å². The second-order valence-corrected chi connectivity index (χ2v) is 3.90. The first-order valence-corrected chi connectivity index (χ1v) is 4.07. The summed E-state index contributed by atoms with van der Waals surface area (Å²) in [5, 5.41) is 29.8. The van der Waals surface area contributed by atoms with Gasteiger partial charge in [0, 0.05) is 12.4 Å². The SMILES string of the molecule is CC(C)(C)OOC(O)(CC(=O)[O-])C(=O)[O-]. The number of carbonyl (C=O) groups is 2. The molecule has 7 nitrogen and oxygen atoms in total. The maximum Gasteiger partial charge on any atom is 0.244 e. The van der Waals surface area contributed by atoms with Crippen molar-refractivity contribution in [1.82, 2.24) is 0 Å². The van der Waals surface area contributed by atoms with Crippen LogP contribution in [0.1, 0.15) is 27.2 Å². The molecule has 0 bridgehead atoms. The van der Waals surface area contributed by atoms with E-state index in [4.69, 9.17) is 0 Å². The second-order valence-electron chi connectivity index (χ2n) is 3.90. The standard InChI is InChI=1S/C8H14O7/c1-7(2,3)14-15-8(13,6(11)12)4-5(9)10/h13H,4H2,1-3H3,(H,9,10)(H,11,12)/p-2. The highest BCUT2D eigenvalue weighted by Crippen LogP contribution is 2.17.